The van der Waals surface area contributed by atoms with Gasteiger partial charge in [0.05, 0.1) is 11.8 Å². The Hall–Kier alpha value is -1.49. The number of rotatable bonds is 4. The van der Waals surface area contributed by atoms with Crippen LogP contribution in [0.5, 0.6) is 0 Å². The highest BCUT2D eigenvalue weighted by atomic mass is 16.3. The van der Waals surface area contributed by atoms with Gasteiger partial charge in [0.15, 0.2) is 0 Å². The predicted octanol–water partition coefficient (Wildman–Crippen LogP) is 0.367. The summed E-state index contributed by atoms with van der Waals surface area (Å²) in [5.74, 6) is 0.0173. The van der Waals surface area contributed by atoms with Crippen molar-refractivity contribution >= 4 is 5.91 Å². The zero-order valence-corrected chi connectivity index (χ0v) is 9.18. The van der Waals surface area contributed by atoms with E-state index in [0.717, 1.165) is 12.8 Å². The van der Waals surface area contributed by atoms with Crippen LogP contribution in [0.1, 0.15) is 30.3 Å². The zero-order chi connectivity index (χ0) is 11.6. The van der Waals surface area contributed by atoms with Crippen LogP contribution in [0.3, 0.4) is 0 Å². The molecule has 2 rings (SSSR count). The molecule has 0 aromatic carbocycles. The molecule has 0 radical (unpaired) electrons. The fourth-order valence-electron chi connectivity index (χ4n) is 1.62. The van der Waals surface area contributed by atoms with Crippen LogP contribution in [-0.2, 0) is 0 Å². The standard InChI is InChI=1S/C11H15N3O2/c1-11(16,8-2-3-8)7-14-10(15)9-6-12-4-5-13-9/h4-6,8,16H,2-3,7H2,1H3,(H,14,15). The van der Waals surface area contributed by atoms with Crippen molar-refractivity contribution < 1.29 is 9.90 Å². The Bertz CT molecular complexity index is 374. The van der Waals surface area contributed by atoms with E-state index in [4.69, 9.17) is 0 Å². The van der Waals surface area contributed by atoms with Crippen molar-refractivity contribution in [1.29, 1.82) is 0 Å². The fraction of sp³-hybridized carbons (Fsp3) is 0.545. The van der Waals surface area contributed by atoms with Crippen molar-refractivity contribution in [2.24, 2.45) is 5.92 Å². The van der Waals surface area contributed by atoms with Gasteiger partial charge in [-0.25, -0.2) is 4.98 Å². The molecule has 86 valence electrons. The molecule has 1 atom stereocenters. The Balaban J connectivity index is 1.88. The van der Waals surface area contributed by atoms with Crippen molar-refractivity contribution in [3.05, 3.63) is 24.3 Å². The number of nitrogens with one attached hydrogen (secondary N) is 1. The predicted molar refractivity (Wildman–Crippen MR) is 57.7 cm³/mol. The summed E-state index contributed by atoms with van der Waals surface area (Å²) in [7, 11) is 0. The van der Waals surface area contributed by atoms with Crippen molar-refractivity contribution in [3.63, 3.8) is 0 Å². The monoisotopic (exact) mass is 221 g/mol. The molecule has 2 N–H and O–H groups in total. The third kappa shape index (κ3) is 2.55. The molecule has 1 heterocycles. The fourth-order valence-corrected chi connectivity index (χ4v) is 1.62. The van der Waals surface area contributed by atoms with Crippen molar-refractivity contribution in [2.75, 3.05) is 6.54 Å². The maximum Gasteiger partial charge on any atom is 0.271 e. The number of nitrogens with zero attached hydrogens (tertiary/aromatic N) is 2. The van der Waals surface area contributed by atoms with Crippen LogP contribution in [0.25, 0.3) is 0 Å². The molecule has 0 saturated heterocycles. The van der Waals surface area contributed by atoms with Crippen molar-refractivity contribution in [1.82, 2.24) is 15.3 Å². The highest BCUT2D eigenvalue weighted by Gasteiger charge is 2.39. The number of aromatic nitrogens is 2. The van der Waals surface area contributed by atoms with Crippen LogP contribution in [-0.4, -0.2) is 33.1 Å². The first-order valence-electron chi connectivity index (χ1n) is 5.36. The Kier molecular flexibility index (Phi) is 2.87. The second-order valence-electron chi connectivity index (χ2n) is 4.40. The van der Waals surface area contributed by atoms with Gasteiger partial charge in [-0.05, 0) is 25.7 Å². The van der Waals surface area contributed by atoms with Gasteiger partial charge in [0, 0.05) is 18.9 Å². The molecular formula is C11H15N3O2. The summed E-state index contributed by atoms with van der Waals surface area (Å²) < 4.78 is 0. The number of hydrogen-bond donors (Lipinski definition) is 2. The minimum absolute atomic E-state index is 0.257. The second kappa shape index (κ2) is 4.17. The molecule has 1 aromatic heterocycles. The molecule has 1 aliphatic carbocycles. The molecule has 16 heavy (non-hydrogen) atoms. The summed E-state index contributed by atoms with van der Waals surface area (Å²) in [5, 5.41) is 12.7. The van der Waals surface area contributed by atoms with E-state index in [0.29, 0.717) is 5.92 Å². The minimum atomic E-state index is -0.808. The molecule has 1 aromatic rings. The Morgan fingerprint density at radius 2 is 2.38 bits per heavy atom. The smallest absolute Gasteiger partial charge is 0.271 e. The summed E-state index contributed by atoms with van der Waals surface area (Å²) in [6, 6.07) is 0. The Labute approximate surface area is 93.9 Å². The van der Waals surface area contributed by atoms with Gasteiger partial charge in [0.1, 0.15) is 5.69 Å². The lowest BCUT2D eigenvalue weighted by Gasteiger charge is -2.22. The summed E-state index contributed by atoms with van der Waals surface area (Å²) >= 11 is 0. The first kappa shape index (κ1) is 11.0. The number of hydrogen-bond acceptors (Lipinski definition) is 4. The van der Waals surface area contributed by atoms with Gasteiger partial charge < -0.3 is 10.4 Å². The van der Waals surface area contributed by atoms with E-state index in [9.17, 15) is 9.90 Å². The molecule has 0 bridgehead atoms. The average molecular weight is 221 g/mol. The molecule has 5 nitrogen and oxygen atoms in total. The van der Waals surface area contributed by atoms with E-state index in [1.54, 1.807) is 6.92 Å². The number of aliphatic hydroxyl groups is 1. The Morgan fingerprint density at radius 3 is 2.94 bits per heavy atom. The lowest BCUT2D eigenvalue weighted by molar-refractivity contribution is 0.0353. The van der Waals surface area contributed by atoms with E-state index >= 15 is 0 Å². The maximum atomic E-state index is 11.6. The third-order valence-corrected chi connectivity index (χ3v) is 2.86. The molecule has 1 aliphatic rings. The Morgan fingerprint density at radius 1 is 1.62 bits per heavy atom. The zero-order valence-electron chi connectivity index (χ0n) is 9.18. The number of carbonyl (C=O) groups is 1. The van der Waals surface area contributed by atoms with Crippen LogP contribution >= 0.6 is 0 Å². The van der Waals surface area contributed by atoms with Crippen molar-refractivity contribution in [3.8, 4) is 0 Å². The van der Waals surface area contributed by atoms with Gasteiger partial charge in [-0.15, -0.1) is 0 Å². The maximum absolute atomic E-state index is 11.6. The molecule has 1 fully saturated rings. The highest BCUT2D eigenvalue weighted by molar-refractivity contribution is 5.91. The van der Waals surface area contributed by atoms with Crippen LogP contribution in [0, 0.1) is 5.92 Å². The van der Waals surface area contributed by atoms with E-state index in [1.807, 2.05) is 0 Å². The van der Waals surface area contributed by atoms with Crippen molar-refractivity contribution in [2.45, 2.75) is 25.4 Å². The van der Waals surface area contributed by atoms with Crippen LogP contribution in [0.2, 0.25) is 0 Å². The van der Waals surface area contributed by atoms with Gasteiger partial charge in [0.2, 0.25) is 0 Å². The van der Waals surface area contributed by atoms with Gasteiger partial charge in [0.25, 0.3) is 5.91 Å². The van der Waals surface area contributed by atoms with Crippen LogP contribution < -0.4 is 5.32 Å². The quantitative estimate of drug-likeness (QED) is 0.770. The normalized spacial score (nSPS) is 18.9. The average Bonchev–Trinajstić information content (AvgIpc) is 3.11. The van der Waals surface area contributed by atoms with Gasteiger partial charge in [-0.1, -0.05) is 0 Å². The molecule has 1 saturated carbocycles. The minimum Gasteiger partial charge on any atom is -0.388 e. The first-order valence-corrected chi connectivity index (χ1v) is 5.36. The molecule has 1 amide bonds. The number of amides is 1. The largest absolute Gasteiger partial charge is 0.388 e. The van der Waals surface area contributed by atoms with E-state index in [1.165, 1.54) is 18.6 Å². The van der Waals surface area contributed by atoms with Crippen LogP contribution in [0.15, 0.2) is 18.6 Å². The summed E-state index contributed by atoms with van der Waals surface area (Å²) in [5.41, 5.74) is -0.535. The lowest BCUT2D eigenvalue weighted by Crippen LogP contribution is -2.42. The van der Waals surface area contributed by atoms with E-state index < -0.39 is 5.60 Å². The summed E-state index contributed by atoms with van der Waals surface area (Å²) in [6.07, 6.45) is 6.45. The van der Waals surface area contributed by atoms with Crippen LogP contribution in [0.4, 0.5) is 0 Å². The highest BCUT2D eigenvalue weighted by Crippen LogP contribution is 2.38. The van der Waals surface area contributed by atoms with E-state index in [2.05, 4.69) is 15.3 Å². The molecule has 0 aliphatic heterocycles. The molecular weight excluding hydrogens is 206 g/mol. The third-order valence-electron chi connectivity index (χ3n) is 2.86. The van der Waals surface area contributed by atoms with Gasteiger partial charge >= 0.3 is 0 Å². The molecule has 1 unspecified atom stereocenters. The van der Waals surface area contributed by atoms with E-state index in [-0.39, 0.29) is 18.1 Å². The summed E-state index contributed by atoms with van der Waals surface area (Å²) in [6.45, 7) is 2.01. The first-order chi connectivity index (χ1) is 7.59. The molecule has 5 heteroatoms. The molecule has 0 spiro atoms. The van der Waals surface area contributed by atoms with Gasteiger partial charge in [-0.3, -0.25) is 9.78 Å². The second-order valence-corrected chi connectivity index (χ2v) is 4.40. The van der Waals surface area contributed by atoms with Gasteiger partial charge in [-0.2, -0.15) is 0 Å². The number of carbonyl (C=O) groups excluding carboxylic acids is 1. The topological polar surface area (TPSA) is 75.1 Å². The summed E-state index contributed by atoms with van der Waals surface area (Å²) in [4.78, 5) is 19.3. The SMILES string of the molecule is CC(O)(CNC(=O)c1cnccn1)C1CC1. The lowest BCUT2D eigenvalue weighted by atomic mass is 10.0.